The minimum atomic E-state index is 0. The molecule has 0 spiro atoms. The molecule has 0 saturated carbocycles. The van der Waals surface area contributed by atoms with Crippen molar-refractivity contribution in [3.05, 3.63) is 0 Å². The molecule has 0 aromatic heterocycles. The maximum atomic E-state index is 5.18. The molecule has 0 amide bonds. The lowest BCUT2D eigenvalue weighted by Crippen LogP contribution is -1.97. The molecule has 0 saturated heterocycles. The Bertz CT molecular complexity index is 85.7. The Hall–Kier alpha value is 0.0600. The smallest absolute Gasteiger partial charge is 0.0212 e. The van der Waals surface area contributed by atoms with Crippen molar-refractivity contribution in [3.8, 4) is 11.8 Å². The van der Waals surface area contributed by atoms with Gasteiger partial charge in [0.25, 0.3) is 0 Å². The van der Waals surface area contributed by atoms with Crippen molar-refractivity contribution in [2.24, 2.45) is 11.5 Å². The van der Waals surface area contributed by atoms with Gasteiger partial charge in [-0.3, -0.25) is 0 Å². The topological polar surface area (TPSA) is 52.0 Å². The Balaban J connectivity index is -0.000000245. The Morgan fingerprint density at radius 1 is 0.800 bits per heavy atom. The van der Waals surface area contributed by atoms with Gasteiger partial charge in [-0.1, -0.05) is 0 Å². The summed E-state index contributed by atoms with van der Waals surface area (Å²) in [7, 11) is 0. The fourth-order valence-electron chi connectivity index (χ4n) is 0.321. The maximum absolute atomic E-state index is 5.18. The third kappa shape index (κ3) is 15.7. The summed E-state index contributed by atoms with van der Waals surface area (Å²) in [4.78, 5) is 0. The molecule has 0 rings (SSSR count). The van der Waals surface area contributed by atoms with Crippen LogP contribution in [-0.2, 0) is 0 Å². The average molecular weight is 185 g/mol. The van der Waals surface area contributed by atoms with E-state index in [9.17, 15) is 0 Å². The minimum absolute atomic E-state index is 0. The molecule has 0 aliphatic carbocycles. The van der Waals surface area contributed by atoms with Gasteiger partial charge in [0.15, 0.2) is 0 Å². The molecule has 0 aromatic rings. The molecule has 10 heavy (non-hydrogen) atoms. The zero-order valence-corrected chi connectivity index (χ0v) is 7.43. The number of hydrogen-bond acceptors (Lipinski definition) is 2. The van der Waals surface area contributed by atoms with Crippen molar-refractivity contribution in [3.63, 3.8) is 0 Å². The summed E-state index contributed by atoms with van der Waals surface area (Å²) in [5.74, 6) is 5.76. The van der Waals surface area contributed by atoms with Crippen molar-refractivity contribution in [2.75, 3.05) is 13.1 Å². The van der Waals surface area contributed by atoms with Crippen LogP contribution in [0.1, 0.15) is 12.8 Å². The molecule has 0 aromatic carbocycles. The first-order valence-corrected chi connectivity index (χ1v) is 2.77. The quantitative estimate of drug-likeness (QED) is 0.616. The third-order valence-corrected chi connectivity index (χ3v) is 0.664. The van der Waals surface area contributed by atoms with E-state index in [0.717, 1.165) is 12.8 Å². The van der Waals surface area contributed by atoms with Crippen LogP contribution >= 0.6 is 24.8 Å². The van der Waals surface area contributed by atoms with Gasteiger partial charge in [-0.15, -0.1) is 36.7 Å². The van der Waals surface area contributed by atoms with E-state index in [4.69, 9.17) is 11.5 Å². The fourth-order valence-corrected chi connectivity index (χ4v) is 0.321. The first-order chi connectivity index (χ1) is 3.91. The highest BCUT2D eigenvalue weighted by Crippen LogP contribution is 1.70. The van der Waals surface area contributed by atoms with E-state index in [1.165, 1.54) is 0 Å². The molecule has 0 radical (unpaired) electrons. The van der Waals surface area contributed by atoms with E-state index < -0.39 is 0 Å². The van der Waals surface area contributed by atoms with E-state index in [2.05, 4.69) is 11.8 Å². The SMILES string of the molecule is Cl.Cl.NCCC#CCCN. The highest BCUT2D eigenvalue weighted by molar-refractivity contribution is 5.85. The van der Waals surface area contributed by atoms with Crippen molar-refractivity contribution < 1.29 is 0 Å². The lowest BCUT2D eigenvalue weighted by molar-refractivity contribution is 1.01. The molecule has 0 fully saturated rings. The third-order valence-electron chi connectivity index (χ3n) is 0.664. The molecule has 0 unspecified atom stereocenters. The van der Waals surface area contributed by atoms with Crippen LogP contribution in [0.15, 0.2) is 0 Å². The van der Waals surface area contributed by atoms with Crippen molar-refractivity contribution in [1.82, 2.24) is 0 Å². The van der Waals surface area contributed by atoms with E-state index in [0.29, 0.717) is 13.1 Å². The monoisotopic (exact) mass is 184 g/mol. The molecular formula is C6H14Cl2N2. The Morgan fingerprint density at radius 3 is 1.30 bits per heavy atom. The largest absolute Gasteiger partial charge is 0.330 e. The molecule has 62 valence electrons. The van der Waals surface area contributed by atoms with Gasteiger partial charge in [-0.25, -0.2) is 0 Å². The standard InChI is InChI=1S/C6H12N2.2ClH/c7-5-3-1-2-4-6-8;;/h3-8H2;2*1H. The van der Waals surface area contributed by atoms with Crippen LogP contribution in [0.3, 0.4) is 0 Å². The summed E-state index contributed by atoms with van der Waals surface area (Å²) >= 11 is 0. The fraction of sp³-hybridized carbons (Fsp3) is 0.667. The van der Waals surface area contributed by atoms with Crippen LogP contribution in [0.5, 0.6) is 0 Å². The summed E-state index contributed by atoms with van der Waals surface area (Å²) in [6, 6.07) is 0. The van der Waals surface area contributed by atoms with Gasteiger partial charge in [0, 0.05) is 25.9 Å². The van der Waals surface area contributed by atoms with Crippen LogP contribution in [0.2, 0.25) is 0 Å². The second kappa shape index (κ2) is 16.0. The summed E-state index contributed by atoms with van der Waals surface area (Å²) in [5.41, 5.74) is 10.4. The van der Waals surface area contributed by atoms with Crippen molar-refractivity contribution >= 4 is 24.8 Å². The van der Waals surface area contributed by atoms with E-state index in [1.54, 1.807) is 0 Å². The van der Waals surface area contributed by atoms with Gasteiger partial charge in [0.1, 0.15) is 0 Å². The highest BCUT2D eigenvalue weighted by Gasteiger charge is 1.69. The minimum Gasteiger partial charge on any atom is -0.330 e. The molecule has 0 heterocycles. The molecule has 0 bridgehead atoms. The van der Waals surface area contributed by atoms with Crippen molar-refractivity contribution in [1.29, 1.82) is 0 Å². The van der Waals surface area contributed by atoms with Crippen LogP contribution in [0.25, 0.3) is 0 Å². The first-order valence-electron chi connectivity index (χ1n) is 2.77. The molecule has 4 heteroatoms. The zero-order chi connectivity index (χ0) is 6.24. The summed E-state index contributed by atoms with van der Waals surface area (Å²) in [6.07, 6.45) is 1.58. The van der Waals surface area contributed by atoms with Crippen LogP contribution in [0.4, 0.5) is 0 Å². The molecule has 0 atom stereocenters. The molecular weight excluding hydrogens is 171 g/mol. The van der Waals surface area contributed by atoms with E-state index in [1.807, 2.05) is 0 Å². The lowest BCUT2D eigenvalue weighted by Gasteiger charge is -1.79. The van der Waals surface area contributed by atoms with E-state index in [-0.39, 0.29) is 24.8 Å². The zero-order valence-electron chi connectivity index (χ0n) is 5.80. The van der Waals surface area contributed by atoms with Gasteiger partial charge >= 0.3 is 0 Å². The average Bonchev–Trinajstić information content (AvgIpc) is 1.81. The number of nitrogens with two attached hydrogens (primary N) is 2. The Morgan fingerprint density at radius 2 is 1.10 bits per heavy atom. The second-order valence-corrected chi connectivity index (χ2v) is 1.43. The summed E-state index contributed by atoms with van der Waals surface area (Å²) in [6.45, 7) is 1.30. The van der Waals surface area contributed by atoms with Gasteiger partial charge < -0.3 is 11.5 Å². The molecule has 2 nitrogen and oxygen atoms in total. The Kier molecular flexibility index (Phi) is 26.6. The number of halogens is 2. The molecule has 4 N–H and O–H groups in total. The number of hydrogen-bond donors (Lipinski definition) is 2. The predicted molar refractivity (Wildman–Crippen MR) is 49.6 cm³/mol. The summed E-state index contributed by atoms with van der Waals surface area (Å²) in [5, 5.41) is 0. The lowest BCUT2D eigenvalue weighted by atomic mass is 10.4. The summed E-state index contributed by atoms with van der Waals surface area (Å²) < 4.78 is 0. The second-order valence-electron chi connectivity index (χ2n) is 1.43. The van der Waals surface area contributed by atoms with Gasteiger partial charge in [0.05, 0.1) is 0 Å². The van der Waals surface area contributed by atoms with Crippen molar-refractivity contribution in [2.45, 2.75) is 12.8 Å². The molecule has 0 aliphatic rings. The van der Waals surface area contributed by atoms with Crippen LogP contribution in [0, 0.1) is 11.8 Å². The van der Waals surface area contributed by atoms with Gasteiger partial charge in [-0.05, 0) is 0 Å². The van der Waals surface area contributed by atoms with Gasteiger partial charge in [0.2, 0.25) is 0 Å². The predicted octanol–water partition coefficient (Wildman–Crippen LogP) is 0.531. The normalized spacial score (nSPS) is 6.20. The molecule has 0 aliphatic heterocycles. The van der Waals surface area contributed by atoms with E-state index >= 15 is 0 Å². The highest BCUT2D eigenvalue weighted by atomic mass is 35.5. The first kappa shape index (κ1) is 16.6. The number of rotatable bonds is 2. The van der Waals surface area contributed by atoms with Crippen LogP contribution in [-0.4, -0.2) is 13.1 Å². The Labute approximate surface area is 74.5 Å². The van der Waals surface area contributed by atoms with Gasteiger partial charge in [-0.2, -0.15) is 0 Å². The maximum Gasteiger partial charge on any atom is 0.0212 e. The van der Waals surface area contributed by atoms with Crippen LogP contribution < -0.4 is 11.5 Å².